The summed E-state index contributed by atoms with van der Waals surface area (Å²) >= 11 is 0. The zero-order valence-electron chi connectivity index (χ0n) is 11.4. The summed E-state index contributed by atoms with van der Waals surface area (Å²) in [4.78, 5) is 0. The Balaban J connectivity index is 2.12. The Bertz CT molecular complexity index is 461. The van der Waals surface area contributed by atoms with E-state index in [1.165, 1.54) is 6.07 Å². The molecule has 1 aliphatic rings. The van der Waals surface area contributed by atoms with Gasteiger partial charge in [-0.15, -0.1) is 0 Å². The van der Waals surface area contributed by atoms with E-state index in [1.54, 1.807) is 0 Å². The quantitative estimate of drug-likeness (QED) is 0.595. The number of ether oxygens (including phenoxy) is 1. The van der Waals surface area contributed by atoms with Crippen LogP contribution in [0.5, 0.6) is 5.75 Å². The van der Waals surface area contributed by atoms with Crippen LogP contribution >= 0.6 is 0 Å². The van der Waals surface area contributed by atoms with E-state index in [0.717, 1.165) is 44.2 Å². The second-order valence-corrected chi connectivity index (χ2v) is 5.37. The first-order chi connectivity index (χ1) is 9.41. The van der Waals surface area contributed by atoms with Crippen molar-refractivity contribution in [2.24, 2.45) is 5.92 Å². The fourth-order valence-corrected chi connectivity index (χ4v) is 2.82. The van der Waals surface area contributed by atoms with E-state index in [1.807, 2.05) is 0 Å². The van der Waals surface area contributed by atoms with Gasteiger partial charge in [-0.2, -0.15) is 0 Å². The van der Waals surface area contributed by atoms with Crippen molar-refractivity contribution in [2.75, 3.05) is 0 Å². The average Bonchev–Trinajstić information content (AvgIpc) is 2.38. The molecule has 0 radical (unpaired) electrons. The maximum atomic E-state index is 13.5. The van der Waals surface area contributed by atoms with Crippen LogP contribution in [-0.2, 0) is 0 Å². The third kappa shape index (κ3) is 3.47. The number of rotatable bonds is 4. The lowest BCUT2D eigenvalue weighted by Crippen LogP contribution is -2.36. The number of hydrogen-bond acceptors (Lipinski definition) is 1. The molecular weight excluding hydrogens is 271 g/mol. The Morgan fingerprint density at radius 2 is 1.90 bits per heavy atom. The van der Waals surface area contributed by atoms with E-state index < -0.39 is 18.3 Å². The van der Waals surface area contributed by atoms with Gasteiger partial charge in [-0.1, -0.05) is 24.9 Å². The molecule has 0 spiro atoms. The third-order valence-electron chi connectivity index (χ3n) is 3.98. The van der Waals surface area contributed by atoms with Crippen LogP contribution in [0.4, 0.5) is 17.3 Å². The van der Waals surface area contributed by atoms with E-state index in [2.05, 4.69) is 6.92 Å². The van der Waals surface area contributed by atoms with Crippen LogP contribution in [0.2, 0.25) is 0 Å². The minimum atomic E-state index is -5.31. The highest BCUT2D eigenvalue weighted by atomic mass is 19.4. The first-order valence-electron chi connectivity index (χ1n) is 7.08. The molecule has 1 aromatic rings. The number of benzene rings is 1. The van der Waals surface area contributed by atoms with Crippen LogP contribution in [-0.4, -0.2) is 13.1 Å². The van der Waals surface area contributed by atoms with Crippen molar-refractivity contribution in [3.63, 3.8) is 0 Å². The van der Waals surface area contributed by atoms with Gasteiger partial charge in [-0.25, -0.2) is 4.39 Å². The van der Waals surface area contributed by atoms with Crippen molar-refractivity contribution in [1.82, 2.24) is 0 Å². The Hall–Kier alpha value is -1.20. The van der Waals surface area contributed by atoms with Gasteiger partial charge in [0.2, 0.25) is 0 Å². The lowest BCUT2D eigenvalue weighted by molar-refractivity contribution is 0.0901. The molecule has 0 amide bonds. The maximum Gasteiger partial charge on any atom is 0.512 e. The van der Waals surface area contributed by atoms with Gasteiger partial charge in [0.15, 0.2) is 0 Å². The molecule has 0 aromatic heterocycles. The highest BCUT2D eigenvalue weighted by molar-refractivity contribution is 6.73. The zero-order chi connectivity index (χ0) is 14.8. The molecule has 0 bridgehead atoms. The highest BCUT2D eigenvalue weighted by Crippen LogP contribution is 2.30. The summed E-state index contributed by atoms with van der Waals surface area (Å²) in [5.74, 6) is -0.658. The normalized spacial score (nSPS) is 23.6. The molecule has 6 heteroatoms. The van der Waals surface area contributed by atoms with Crippen molar-refractivity contribution in [3.8, 4) is 5.75 Å². The van der Waals surface area contributed by atoms with Gasteiger partial charge in [-0.05, 0) is 37.7 Å². The van der Waals surface area contributed by atoms with Crippen LogP contribution in [0.25, 0.3) is 0 Å². The summed E-state index contributed by atoms with van der Waals surface area (Å²) < 4.78 is 56.8. The van der Waals surface area contributed by atoms with Crippen molar-refractivity contribution >= 4 is 12.4 Å². The Kier molecular flexibility index (Phi) is 4.61. The standard InChI is InChI=1S/C14H18BF4O/c1-2-10-5-3-4-6-14(10)20-11-7-8-12(13(16)9-11)15(17,18)19/h7-10,14H,2-6H2,1H3/q-1. The third-order valence-corrected chi connectivity index (χ3v) is 3.98. The molecule has 1 fully saturated rings. The lowest BCUT2D eigenvalue weighted by Gasteiger charge is -2.31. The molecule has 1 saturated carbocycles. The summed E-state index contributed by atoms with van der Waals surface area (Å²) in [6, 6.07) is 2.84. The van der Waals surface area contributed by atoms with E-state index >= 15 is 0 Å². The lowest BCUT2D eigenvalue weighted by atomic mass is 9.79. The van der Waals surface area contributed by atoms with Crippen molar-refractivity contribution < 1.29 is 22.1 Å². The van der Waals surface area contributed by atoms with E-state index in [9.17, 15) is 17.3 Å². The molecule has 1 aliphatic carbocycles. The minimum absolute atomic E-state index is 0.0182. The van der Waals surface area contributed by atoms with Crippen LogP contribution in [0.1, 0.15) is 39.0 Å². The summed E-state index contributed by atoms with van der Waals surface area (Å²) in [6.45, 7) is -3.24. The van der Waals surface area contributed by atoms with Gasteiger partial charge in [0.1, 0.15) is 11.9 Å². The molecule has 112 valence electrons. The molecule has 0 N–H and O–H groups in total. The zero-order valence-corrected chi connectivity index (χ0v) is 11.4. The minimum Gasteiger partial charge on any atom is -0.490 e. The van der Waals surface area contributed by atoms with E-state index in [0.29, 0.717) is 5.92 Å². The van der Waals surface area contributed by atoms with Gasteiger partial charge in [0, 0.05) is 6.07 Å². The predicted octanol–water partition coefficient (Wildman–Crippen LogP) is 4.23. The SMILES string of the molecule is CCC1CCCCC1Oc1ccc([B-](F)(F)F)c(F)c1. The van der Waals surface area contributed by atoms with Gasteiger partial charge in [0.25, 0.3) is 0 Å². The van der Waals surface area contributed by atoms with Crippen LogP contribution in [0.3, 0.4) is 0 Å². The fraction of sp³-hybridized carbons (Fsp3) is 0.571. The van der Waals surface area contributed by atoms with Gasteiger partial charge in [0.05, 0.1) is 5.82 Å². The smallest absolute Gasteiger partial charge is 0.490 e. The summed E-state index contributed by atoms with van der Waals surface area (Å²) in [6.07, 6.45) is 5.10. The van der Waals surface area contributed by atoms with Crippen molar-refractivity contribution in [3.05, 3.63) is 24.0 Å². The molecule has 2 rings (SSSR count). The van der Waals surface area contributed by atoms with Crippen LogP contribution in [0.15, 0.2) is 18.2 Å². The Labute approximate surface area is 116 Å². The molecule has 0 saturated heterocycles. The number of hydrogen-bond donors (Lipinski definition) is 0. The van der Waals surface area contributed by atoms with Gasteiger partial charge in [-0.3, -0.25) is 0 Å². The molecule has 2 unspecified atom stereocenters. The molecule has 0 aliphatic heterocycles. The monoisotopic (exact) mass is 289 g/mol. The summed E-state index contributed by atoms with van der Waals surface area (Å²) in [5, 5.41) is 0. The first-order valence-corrected chi connectivity index (χ1v) is 7.08. The van der Waals surface area contributed by atoms with Crippen LogP contribution in [0, 0.1) is 11.7 Å². The van der Waals surface area contributed by atoms with Gasteiger partial charge < -0.3 is 17.7 Å². The van der Waals surface area contributed by atoms with Crippen molar-refractivity contribution in [2.45, 2.75) is 45.1 Å². The average molecular weight is 289 g/mol. The van der Waals surface area contributed by atoms with Crippen molar-refractivity contribution in [1.29, 1.82) is 0 Å². The maximum absolute atomic E-state index is 13.5. The number of halogens is 4. The molecule has 2 atom stereocenters. The molecule has 20 heavy (non-hydrogen) atoms. The van der Waals surface area contributed by atoms with E-state index in [4.69, 9.17) is 4.74 Å². The molecule has 1 aromatic carbocycles. The van der Waals surface area contributed by atoms with Crippen LogP contribution < -0.4 is 10.2 Å². The second-order valence-electron chi connectivity index (χ2n) is 5.37. The summed E-state index contributed by atoms with van der Waals surface area (Å²) in [7, 11) is 0. The fourth-order valence-electron chi connectivity index (χ4n) is 2.82. The largest absolute Gasteiger partial charge is 0.512 e. The Morgan fingerprint density at radius 3 is 2.50 bits per heavy atom. The first kappa shape index (κ1) is 15.2. The molecular formula is C14H18BF4O-. The van der Waals surface area contributed by atoms with Gasteiger partial charge >= 0.3 is 6.98 Å². The Morgan fingerprint density at radius 1 is 1.20 bits per heavy atom. The highest BCUT2D eigenvalue weighted by Gasteiger charge is 2.30. The predicted molar refractivity (Wildman–Crippen MR) is 71.8 cm³/mol. The molecule has 0 heterocycles. The van der Waals surface area contributed by atoms with E-state index in [-0.39, 0.29) is 11.9 Å². The molecule has 1 nitrogen and oxygen atoms in total. The second kappa shape index (κ2) is 6.06. The topological polar surface area (TPSA) is 9.23 Å². The summed E-state index contributed by atoms with van der Waals surface area (Å²) in [5.41, 5.74) is -1.19.